The van der Waals surface area contributed by atoms with Crippen LogP contribution in [0.25, 0.3) is 10.9 Å². The zero-order valence-corrected chi connectivity index (χ0v) is 11.2. The van der Waals surface area contributed by atoms with Crippen LogP contribution < -0.4 is 5.73 Å². The maximum atomic E-state index is 5.86. The van der Waals surface area contributed by atoms with Gasteiger partial charge in [-0.25, -0.2) is 0 Å². The van der Waals surface area contributed by atoms with Crippen molar-refractivity contribution < 1.29 is 0 Å². The standard InChI is InChI=1S/C15H18N2S/c16-9-11-10-17-14-8-4-3-7-13(14)15(11)18-12-5-1-2-6-12/h3-4,7-8,10,12H,1-2,5-6,9,16H2. The van der Waals surface area contributed by atoms with E-state index in [9.17, 15) is 0 Å². The van der Waals surface area contributed by atoms with E-state index in [4.69, 9.17) is 5.73 Å². The molecule has 1 fully saturated rings. The summed E-state index contributed by atoms with van der Waals surface area (Å²) >= 11 is 2.01. The molecule has 0 atom stereocenters. The van der Waals surface area contributed by atoms with Crippen LogP contribution in [0.3, 0.4) is 0 Å². The molecular formula is C15H18N2S. The van der Waals surface area contributed by atoms with E-state index in [0.717, 1.165) is 10.8 Å². The second-order valence-corrected chi connectivity index (χ2v) is 6.17. The highest BCUT2D eigenvalue weighted by Gasteiger charge is 2.19. The summed E-state index contributed by atoms with van der Waals surface area (Å²) in [7, 11) is 0. The highest BCUT2D eigenvalue weighted by Crippen LogP contribution is 2.39. The minimum atomic E-state index is 0.576. The molecule has 0 bridgehead atoms. The first-order chi connectivity index (χ1) is 8.88. The lowest BCUT2D eigenvalue weighted by molar-refractivity contribution is 0.886. The number of para-hydroxylation sites is 1. The second kappa shape index (κ2) is 5.29. The molecule has 0 radical (unpaired) electrons. The summed E-state index contributed by atoms with van der Waals surface area (Å²) in [5, 5.41) is 2.03. The molecule has 94 valence electrons. The molecule has 1 aromatic carbocycles. The van der Waals surface area contributed by atoms with Crippen LogP contribution in [-0.2, 0) is 6.54 Å². The SMILES string of the molecule is NCc1cnc2ccccc2c1SC1CCCC1. The summed E-state index contributed by atoms with van der Waals surface area (Å²) in [6, 6.07) is 8.37. The second-order valence-electron chi connectivity index (χ2n) is 4.86. The van der Waals surface area contributed by atoms with E-state index in [2.05, 4.69) is 23.2 Å². The maximum Gasteiger partial charge on any atom is 0.0713 e. The molecule has 1 saturated carbocycles. The van der Waals surface area contributed by atoms with Crippen molar-refractivity contribution in [3.8, 4) is 0 Å². The Morgan fingerprint density at radius 1 is 1.22 bits per heavy atom. The van der Waals surface area contributed by atoms with Crippen LogP contribution in [-0.4, -0.2) is 10.2 Å². The van der Waals surface area contributed by atoms with Gasteiger partial charge in [-0.15, -0.1) is 11.8 Å². The molecule has 18 heavy (non-hydrogen) atoms. The molecule has 1 heterocycles. The fourth-order valence-electron chi connectivity index (χ4n) is 2.61. The van der Waals surface area contributed by atoms with Crippen LogP contribution in [0.15, 0.2) is 35.4 Å². The molecule has 0 unspecified atom stereocenters. The quantitative estimate of drug-likeness (QED) is 0.911. The average molecular weight is 258 g/mol. The van der Waals surface area contributed by atoms with E-state index >= 15 is 0 Å². The molecule has 1 aliphatic carbocycles. The van der Waals surface area contributed by atoms with Crippen molar-refractivity contribution in [1.82, 2.24) is 4.98 Å². The number of fused-ring (bicyclic) bond motifs is 1. The van der Waals surface area contributed by atoms with E-state index in [-0.39, 0.29) is 0 Å². The number of nitrogens with zero attached hydrogens (tertiary/aromatic N) is 1. The first-order valence-corrected chi connectivity index (χ1v) is 7.50. The van der Waals surface area contributed by atoms with Gasteiger partial charge < -0.3 is 5.73 Å². The lowest BCUT2D eigenvalue weighted by atomic mass is 10.1. The van der Waals surface area contributed by atoms with Crippen molar-refractivity contribution in [1.29, 1.82) is 0 Å². The van der Waals surface area contributed by atoms with Gasteiger partial charge in [-0.05, 0) is 24.5 Å². The summed E-state index contributed by atoms with van der Waals surface area (Å²) in [5.74, 6) is 0. The zero-order chi connectivity index (χ0) is 12.4. The minimum Gasteiger partial charge on any atom is -0.326 e. The highest BCUT2D eigenvalue weighted by molar-refractivity contribution is 8.00. The van der Waals surface area contributed by atoms with Crippen LogP contribution in [0.2, 0.25) is 0 Å². The predicted octanol–water partition coefficient (Wildman–Crippen LogP) is 3.73. The van der Waals surface area contributed by atoms with Crippen molar-refractivity contribution in [2.75, 3.05) is 0 Å². The van der Waals surface area contributed by atoms with Crippen LogP contribution >= 0.6 is 11.8 Å². The monoisotopic (exact) mass is 258 g/mol. The molecule has 2 nitrogen and oxygen atoms in total. The number of nitrogens with two attached hydrogens (primary N) is 1. The fourth-order valence-corrected chi connectivity index (χ4v) is 4.10. The highest BCUT2D eigenvalue weighted by atomic mass is 32.2. The maximum absolute atomic E-state index is 5.86. The topological polar surface area (TPSA) is 38.9 Å². The molecule has 3 heteroatoms. The van der Waals surface area contributed by atoms with Gasteiger partial charge in [-0.1, -0.05) is 31.0 Å². The largest absolute Gasteiger partial charge is 0.326 e. The smallest absolute Gasteiger partial charge is 0.0713 e. The summed E-state index contributed by atoms with van der Waals surface area (Å²) in [4.78, 5) is 5.85. The lowest BCUT2D eigenvalue weighted by Gasteiger charge is -2.14. The number of rotatable bonds is 3. The number of hydrogen-bond acceptors (Lipinski definition) is 3. The Bertz CT molecular complexity index is 547. The summed E-state index contributed by atoms with van der Waals surface area (Å²) in [6.07, 6.45) is 7.37. The van der Waals surface area contributed by atoms with Gasteiger partial charge in [-0.3, -0.25) is 4.98 Å². The first kappa shape index (κ1) is 12.0. The molecule has 0 saturated heterocycles. The Morgan fingerprint density at radius 2 is 2.00 bits per heavy atom. The Balaban J connectivity index is 2.05. The van der Waals surface area contributed by atoms with Crippen molar-refractivity contribution in [2.24, 2.45) is 5.73 Å². The van der Waals surface area contributed by atoms with E-state index in [0.29, 0.717) is 6.54 Å². The third kappa shape index (κ3) is 2.25. The van der Waals surface area contributed by atoms with Gasteiger partial charge in [0, 0.05) is 28.3 Å². The zero-order valence-electron chi connectivity index (χ0n) is 10.4. The summed E-state index contributed by atoms with van der Waals surface area (Å²) < 4.78 is 0. The van der Waals surface area contributed by atoms with Gasteiger partial charge in [0.2, 0.25) is 0 Å². The Hall–Kier alpha value is -1.06. The molecule has 2 N–H and O–H groups in total. The third-order valence-corrected chi connectivity index (χ3v) is 5.13. The number of aromatic nitrogens is 1. The van der Waals surface area contributed by atoms with Crippen LogP contribution in [0.4, 0.5) is 0 Å². The van der Waals surface area contributed by atoms with Gasteiger partial charge in [0.15, 0.2) is 0 Å². The van der Waals surface area contributed by atoms with Crippen molar-refractivity contribution >= 4 is 22.7 Å². The van der Waals surface area contributed by atoms with E-state index in [1.807, 2.05) is 24.0 Å². The Morgan fingerprint density at radius 3 is 2.78 bits per heavy atom. The van der Waals surface area contributed by atoms with Crippen molar-refractivity contribution in [2.45, 2.75) is 42.4 Å². The molecule has 2 aromatic rings. The van der Waals surface area contributed by atoms with Crippen LogP contribution in [0.1, 0.15) is 31.2 Å². The molecule has 1 aliphatic rings. The predicted molar refractivity (Wildman–Crippen MR) is 77.7 cm³/mol. The van der Waals surface area contributed by atoms with E-state index < -0.39 is 0 Å². The van der Waals surface area contributed by atoms with E-state index in [1.165, 1.54) is 41.5 Å². The molecule has 3 rings (SSSR count). The molecule has 0 amide bonds. The van der Waals surface area contributed by atoms with Crippen LogP contribution in [0.5, 0.6) is 0 Å². The number of hydrogen-bond donors (Lipinski definition) is 1. The summed E-state index contributed by atoms with van der Waals surface area (Å²) in [6.45, 7) is 0.576. The first-order valence-electron chi connectivity index (χ1n) is 6.62. The molecule has 0 aliphatic heterocycles. The number of thioether (sulfide) groups is 1. The summed E-state index contributed by atoms with van der Waals surface area (Å²) in [5.41, 5.74) is 8.13. The van der Waals surface area contributed by atoms with Gasteiger partial charge in [0.25, 0.3) is 0 Å². The third-order valence-electron chi connectivity index (χ3n) is 3.61. The van der Waals surface area contributed by atoms with Gasteiger partial charge in [-0.2, -0.15) is 0 Å². The minimum absolute atomic E-state index is 0.576. The fraction of sp³-hybridized carbons (Fsp3) is 0.400. The lowest BCUT2D eigenvalue weighted by Crippen LogP contribution is -2.03. The molecular weight excluding hydrogens is 240 g/mol. The van der Waals surface area contributed by atoms with Crippen molar-refractivity contribution in [3.05, 3.63) is 36.0 Å². The van der Waals surface area contributed by atoms with E-state index in [1.54, 1.807) is 0 Å². The van der Waals surface area contributed by atoms with Gasteiger partial charge in [0.1, 0.15) is 0 Å². The number of benzene rings is 1. The Labute approximate surface area is 112 Å². The van der Waals surface area contributed by atoms with Gasteiger partial charge in [0.05, 0.1) is 5.52 Å². The average Bonchev–Trinajstić information content (AvgIpc) is 2.92. The molecule has 0 spiro atoms. The van der Waals surface area contributed by atoms with Crippen molar-refractivity contribution in [3.63, 3.8) is 0 Å². The Kier molecular flexibility index (Phi) is 3.52. The number of pyridine rings is 1. The van der Waals surface area contributed by atoms with Crippen LogP contribution in [0, 0.1) is 0 Å². The normalized spacial score (nSPS) is 16.5. The van der Waals surface area contributed by atoms with Gasteiger partial charge >= 0.3 is 0 Å². The molecule has 1 aromatic heterocycles.